The lowest BCUT2D eigenvalue weighted by molar-refractivity contribution is -0.116. The van der Waals surface area contributed by atoms with Crippen LogP contribution in [0.3, 0.4) is 0 Å². The van der Waals surface area contributed by atoms with Gasteiger partial charge in [0, 0.05) is 34.2 Å². The molecule has 1 aromatic heterocycles. The smallest absolute Gasteiger partial charge is 0.272 e. The van der Waals surface area contributed by atoms with Gasteiger partial charge in [-0.25, -0.2) is 4.39 Å². The molecule has 0 radical (unpaired) electrons. The molecule has 9 heteroatoms. The Labute approximate surface area is 235 Å². The highest BCUT2D eigenvalue weighted by Crippen LogP contribution is 2.29. The first-order valence-corrected chi connectivity index (χ1v) is 13.4. The lowest BCUT2D eigenvalue weighted by Gasteiger charge is -2.16. The monoisotopic (exact) mass is 554 g/mol. The molecule has 0 aliphatic heterocycles. The molecule has 3 aromatic carbocycles. The molecule has 7 nitrogen and oxygen atoms in total. The van der Waals surface area contributed by atoms with Gasteiger partial charge in [0.1, 0.15) is 11.5 Å². The minimum Gasteiger partial charge on any atom is -0.325 e. The van der Waals surface area contributed by atoms with Crippen LogP contribution in [0.15, 0.2) is 114 Å². The number of anilines is 2. The third kappa shape index (κ3) is 8.12. The van der Waals surface area contributed by atoms with Gasteiger partial charge in [0.25, 0.3) is 11.8 Å². The summed E-state index contributed by atoms with van der Waals surface area (Å²) < 4.78 is 13.2. The Morgan fingerprint density at radius 3 is 2.38 bits per heavy atom. The van der Waals surface area contributed by atoms with E-state index >= 15 is 0 Å². The predicted molar refractivity (Wildman–Crippen MR) is 156 cm³/mol. The van der Waals surface area contributed by atoms with Crippen LogP contribution < -0.4 is 16.0 Å². The zero-order chi connectivity index (χ0) is 28.3. The van der Waals surface area contributed by atoms with Crippen molar-refractivity contribution in [1.29, 1.82) is 0 Å². The SMILES string of the molecule is CCC(Sc1cccc(NC(=O)/C(=C/c2cccnc2)NC(=O)c2ccccc2)c1)C(=O)Nc1ccc(F)cc1. The number of rotatable bonds is 10. The molecule has 202 valence electrons. The van der Waals surface area contributed by atoms with Crippen molar-refractivity contribution >= 4 is 46.9 Å². The van der Waals surface area contributed by atoms with Crippen LogP contribution in [0.5, 0.6) is 0 Å². The minimum absolute atomic E-state index is 0.0463. The van der Waals surface area contributed by atoms with E-state index in [1.165, 1.54) is 36.0 Å². The van der Waals surface area contributed by atoms with Crippen LogP contribution in [0.2, 0.25) is 0 Å². The molecular weight excluding hydrogens is 527 g/mol. The predicted octanol–water partition coefficient (Wildman–Crippen LogP) is 6.14. The highest BCUT2D eigenvalue weighted by molar-refractivity contribution is 8.00. The van der Waals surface area contributed by atoms with Crippen LogP contribution in [-0.2, 0) is 9.59 Å². The van der Waals surface area contributed by atoms with Crippen LogP contribution >= 0.6 is 11.8 Å². The van der Waals surface area contributed by atoms with Crippen LogP contribution in [0, 0.1) is 5.82 Å². The summed E-state index contributed by atoms with van der Waals surface area (Å²) in [6, 6.07) is 24.8. The maximum absolute atomic E-state index is 13.3. The van der Waals surface area contributed by atoms with E-state index in [1.807, 2.05) is 13.0 Å². The fourth-order valence-electron chi connectivity index (χ4n) is 3.66. The Hall–Kier alpha value is -4.76. The zero-order valence-electron chi connectivity index (χ0n) is 21.6. The Kier molecular flexibility index (Phi) is 9.79. The largest absolute Gasteiger partial charge is 0.325 e. The van der Waals surface area contributed by atoms with Crippen molar-refractivity contribution in [3.8, 4) is 0 Å². The quantitative estimate of drug-likeness (QED) is 0.162. The molecule has 1 unspecified atom stereocenters. The van der Waals surface area contributed by atoms with E-state index in [2.05, 4.69) is 20.9 Å². The van der Waals surface area contributed by atoms with Crippen molar-refractivity contribution in [2.45, 2.75) is 23.5 Å². The normalized spacial score (nSPS) is 11.8. The maximum Gasteiger partial charge on any atom is 0.272 e. The van der Waals surface area contributed by atoms with E-state index in [0.29, 0.717) is 28.9 Å². The number of hydrogen-bond acceptors (Lipinski definition) is 5. The number of aromatic nitrogens is 1. The van der Waals surface area contributed by atoms with E-state index in [4.69, 9.17) is 0 Å². The minimum atomic E-state index is -0.517. The van der Waals surface area contributed by atoms with Crippen molar-refractivity contribution in [3.05, 3.63) is 126 Å². The molecule has 3 amide bonds. The van der Waals surface area contributed by atoms with Crippen LogP contribution in [0.1, 0.15) is 29.3 Å². The van der Waals surface area contributed by atoms with Crippen molar-refractivity contribution in [2.24, 2.45) is 0 Å². The maximum atomic E-state index is 13.3. The Morgan fingerprint density at radius 2 is 1.68 bits per heavy atom. The first kappa shape index (κ1) is 28.3. The van der Waals surface area contributed by atoms with Gasteiger partial charge in [0.05, 0.1) is 5.25 Å². The number of carbonyl (C=O) groups is 3. The second-order valence-electron chi connectivity index (χ2n) is 8.66. The van der Waals surface area contributed by atoms with E-state index in [0.717, 1.165) is 4.90 Å². The van der Waals surface area contributed by atoms with Crippen LogP contribution in [0.4, 0.5) is 15.8 Å². The van der Waals surface area contributed by atoms with Gasteiger partial charge in [-0.15, -0.1) is 11.8 Å². The molecule has 0 aliphatic rings. The van der Waals surface area contributed by atoms with Crippen LogP contribution in [-0.4, -0.2) is 28.0 Å². The van der Waals surface area contributed by atoms with Gasteiger partial charge in [0.15, 0.2) is 0 Å². The number of pyridine rings is 1. The molecule has 1 heterocycles. The highest BCUT2D eigenvalue weighted by atomic mass is 32.2. The second kappa shape index (κ2) is 13.9. The Morgan fingerprint density at radius 1 is 0.900 bits per heavy atom. The molecule has 0 bridgehead atoms. The van der Waals surface area contributed by atoms with Gasteiger partial charge in [-0.05, 0) is 78.7 Å². The summed E-state index contributed by atoms with van der Waals surface area (Å²) in [5, 5.41) is 7.93. The van der Waals surface area contributed by atoms with Gasteiger partial charge in [-0.1, -0.05) is 37.3 Å². The summed E-state index contributed by atoms with van der Waals surface area (Å²) >= 11 is 1.35. The second-order valence-corrected chi connectivity index (χ2v) is 9.93. The summed E-state index contributed by atoms with van der Waals surface area (Å²) in [5.41, 5.74) is 2.11. The molecule has 4 rings (SSSR count). The van der Waals surface area contributed by atoms with E-state index in [9.17, 15) is 18.8 Å². The summed E-state index contributed by atoms with van der Waals surface area (Å²) in [7, 11) is 0. The summed E-state index contributed by atoms with van der Waals surface area (Å²) in [6.07, 6.45) is 5.31. The molecule has 0 spiro atoms. The van der Waals surface area contributed by atoms with E-state index in [1.54, 1.807) is 79.1 Å². The lowest BCUT2D eigenvalue weighted by atomic mass is 10.2. The van der Waals surface area contributed by atoms with E-state index < -0.39 is 17.1 Å². The molecule has 1 atom stereocenters. The molecule has 0 saturated carbocycles. The summed E-state index contributed by atoms with van der Waals surface area (Å²) in [5.74, 6) is -1.53. The summed E-state index contributed by atoms with van der Waals surface area (Å²) in [6.45, 7) is 1.90. The van der Waals surface area contributed by atoms with Gasteiger partial charge >= 0.3 is 0 Å². The van der Waals surface area contributed by atoms with E-state index in [-0.39, 0.29) is 17.4 Å². The first-order valence-electron chi connectivity index (χ1n) is 12.5. The van der Waals surface area contributed by atoms with Crippen LogP contribution in [0.25, 0.3) is 6.08 Å². The Balaban J connectivity index is 1.48. The third-order valence-electron chi connectivity index (χ3n) is 5.67. The number of carbonyl (C=O) groups excluding carboxylic acids is 3. The number of amides is 3. The van der Waals surface area contributed by atoms with Gasteiger partial charge < -0.3 is 16.0 Å². The molecule has 3 N–H and O–H groups in total. The Bertz CT molecular complexity index is 1500. The number of nitrogens with zero attached hydrogens (tertiary/aromatic N) is 1. The average molecular weight is 555 g/mol. The number of nitrogens with one attached hydrogen (secondary N) is 3. The molecule has 0 saturated heterocycles. The first-order chi connectivity index (χ1) is 19.4. The number of hydrogen-bond donors (Lipinski definition) is 3. The average Bonchev–Trinajstić information content (AvgIpc) is 2.98. The third-order valence-corrected chi connectivity index (χ3v) is 7.03. The zero-order valence-corrected chi connectivity index (χ0v) is 22.5. The summed E-state index contributed by atoms with van der Waals surface area (Å²) in [4.78, 5) is 43.8. The fraction of sp³-hybridized carbons (Fsp3) is 0.0968. The van der Waals surface area contributed by atoms with Gasteiger partial charge in [-0.3, -0.25) is 19.4 Å². The molecule has 0 aliphatic carbocycles. The molecular formula is C31H27FN4O3S. The van der Waals surface area contributed by atoms with Gasteiger partial charge in [0.2, 0.25) is 5.91 Å². The fourth-order valence-corrected chi connectivity index (χ4v) is 4.67. The van der Waals surface area contributed by atoms with Gasteiger partial charge in [-0.2, -0.15) is 0 Å². The molecule has 40 heavy (non-hydrogen) atoms. The number of thioether (sulfide) groups is 1. The van der Waals surface area contributed by atoms with Crippen molar-refractivity contribution in [1.82, 2.24) is 10.3 Å². The topological polar surface area (TPSA) is 100 Å². The van der Waals surface area contributed by atoms with Crippen molar-refractivity contribution in [3.63, 3.8) is 0 Å². The highest BCUT2D eigenvalue weighted by Gasteiger charge is 2.19. The molecule has 4 aromatic rings. The van der Waals surface area contributed by atoms with Crippen molar-refractivity contribution < 1.29 is 18.8 Å². The number of halogens is 1. The lowest BCUT2D eigenvalue weighted by Crippen LogP contribution is -2.30. The van der Waals surface area contributed by atoms with Crippen molar-refractivity contribution in [2.75, 3.05) is 10.6 Å². The molecule has 0 fully saturated rings. The number of benzene rings is 3. The standard InChI is InChI=1S/C31H27FN4O3S/c1-2-28(31(39)34-24-15-13-23(32)14-16-24)40-26-12-6-11-25(19-26)35-30(38)27(18-21-8-7-17-33-20-21)36-29(37)22-9-4-3-5-10-22/h3-20,28H,2H2,1H3,(H,34,39)(H,35,38)(H,36,37)/b27-18-.